The first-order valence-corrected chi connectivity index (χ1v) is 6.22. The molecule has 0 aliphatic rings. The van der Waals surface area contributed by atoms with Crippen molar-refractivity contribution in [2.75, 3.05) is 0 Å². The van der Waals surface area contributed by atoms with Crippen LogP contribution in [0.25, 0.3) is 0 Å². The van der Waals surface area contributed by atoms with Crippen LogP contribution in [0.1, 0.15) is 44.7 Å². The van der Waals surface area contributed by atoms with Crippen molar-refractivity contribution in [3.8, 4) is 0 Å². The van der Waals surface area contributed by atoms with Crippen molar-refractivity contribution in [2.45, 2.75) is 46.1 Å². The van der Waals surface area contributed by atoms with Crippen LogP contribution in [-0.2, 0) is 20.7 Å². The number of carbonyl (C=O) groups excluding carboxylic acids is 2. The van der Waals surface area contributed by atoms with Crippen molar-refractivity contribution in [1.82, 2.24) is 0 Å². The van der Waals surface area contributed by atoms with Gasteiger partial charge in [0.05, 0.1) is 6.10 Å². The SMILES string of the molecule is CC(C)OC(=O)C(=O)Cc1ccc(C(C)C)cc1. The number of benzene rings is 1. The minimum absolute atomic E-state index is 0.101. The highest BCUT2D eigenvalue weighted by Crippen LogP contribution is 2.15. The van der Waals surface area contributed by atoms with Crippen molar-refractivity contribution >= 4 is 11.8 Å². The molecular formula is C15H20O3. The molecule has 0 fully saturated rings. The Kier molecular flexibility index (Phi) is 5.08. The zero-order valence-corrected chi connectivity index (χ0v) is 11.4. The summed E-state index contributed by atoms with van der Waals surface area (Å²) in [4.78, 5) is 23.0. The number of ketones is 1. The molecule has 3 nitrogen and oxygen atoms in total. The summed E-state index contributed by atoms with van der Waals surface area (Å²) in [6.07, 6.45) is -0.158. The quantitative estimate of drug-likeness (QED) is 0.594. The monoisotopic (exact) mass is 248 g/mol. The molecule has 0 aliphatic heterocycles. The molecule has 18 heavy (non-hydrogen) atoms. The minimum atomic E-state index is -0.752. The minimum Gasteiger partial charge on any atom is -0.457 e. The van der Waals surface area contributed by atoms with Gasteiger partial charge >= 0.3 is 5.97 Å². The van der Waals surface area contributed by atoms with E-state index in [2.05, 4.69) is 13.8 Å². The van der Waals surface area contributed by atoms with Crippen molar-refractivity contribution in [1.29, 1.82) is 0 Å². The predicted octanol–water partition coefficient (Wildman–Crippen LogP) is 2.87. The first kappa shape index (κ1) is 14.4. The van der Waals surface area contributed by atoms with Crippen molar-refractivity contribution in [2.24, 2.45) is 0 Å². The molecule has 0 aliphatic carbocycles. The van der Waals surface area contributed by atoms with Crippen LogP contribution in [0.15, 0.2) is 24.3 Å². The Bertz CT molecular complexity index is 416. The van der Waals surface area contributed by atoms with Crippen LogP contribution >= 0.6 is 0 Å². The molecule has 0 amide bonds. The summed E-state index contributed by atoms with van der Waals surface area (Å²) < 4.78 is 4.86. The number of hydrogen-bond donors (Lipinski definition) is 0. The summed E-state index contributed by atoms with van der Waals surface area (Å²) >= 11 is 0. The van der Waals surface area contributed by atoms with E-state index in [9.17, 15) is 9.59 Å². The van der Waals surface area contributed by atoms with Crippen LogP contribution in [0.5, 0.6) is 0 Å². The van der Waals surface area contributed by atoms with E-state index < -0.39 is 11.8 Å². The molecule has 0 spiro atoms. The molecule has 0 radical (unpaired) electrons. The van der Waals surface area contributed by atoms with Gasteiger partial charge in [-0.05, 0) is 30.9 Å². The maximum atomic E-state index is 11.6. The van der Waals surface area contributed by atoms with Gasteiger partial charge in [0.2, 0.25) is 5.78 Å². The molecule has 0 bridgehead atoms. The Hall–Kier alpha value is -1.64. The number of Topliss-reactive ketones (excluding diaryl/α,β-unsaturated/α-hetero) is 1. The molecule has 98 valence electrons. The Labute approximate surface area is 108 Å². The Morgan fingerprint density at radius 2 is 1.61 bits per heavy atom. The number of hydrogen-bond acceptors (Lipinski definition) is 3. The Morgan fingerprint density at radius 3 is 2.06 bits per heavy atom. The summed E-state index contributed by atoms with van der Waals surface area (Å²) in [6.45, 7) is 7.67. The van der Waals surface area contributed by atoms with E-state index in [1.54, 1.807) is 13.8 Å². The summed E-state index contributed by atoms with van der Waals surface area (Å²) in [6, 6.07) is 7.74. The molecule has 0 aromatic heterocycles. The molecule has 0 saturated heterocycles. The van der Waals surface area contributed by atoms with Crippen molar-refractivity contribution in [3.05, 3.63) is 35.4 Å². The van der Waals surface area contributed by atoms with Crippen LogP contribution < -0.4 is 0 Å². The van der Waals surface area contributed by atoms with Crippen LogP contribution in [0.4, 0.5) is 0 Å². The van der Waals surface area contributed by atoms with Gasteiger partial charge in [-0.2, -0.15) is 0 Å². The van der Waals surface area contributed by atoms with Gasteiger partial charge in [-0.3, -0.25) is 4.79 Å². The van der Waals surface area contributed by atoms with Gasteiger partial charge in [0, 0.05) is 6.42 Å². The Balaban J connectivity index is 2.62. The van der Waals surface area contributed by atoms with Crippen LogP contribution in [0.3, 0.4) is 0 Å². The average Bonchev–Trinajstić information content (AvgIpc) is 2.28. The molecular weight excluding hydrogens is 228 g/mol. The lowest BCUT2D eigenvalue weighted by Gasteiger charge is -2.08. The van der Waals surface area contributed by atoms with Crippen LogP contribution in [0, 0.1) is 0 Å². The fraction of sp³-hybridized carbons (Fsp3) is 0.467. The molecule has 0 N–H and O–H groups in total. The first-order valence-electron chi connectivity index (χ1n) is 6.22. The molecule has 3 heteroatoms. The highest BCUT2D eigenvalue weighted by atomic mass is 16.5. The molecule has 0 atom stereocenters. The van der Waals surface area contributed by atoms with Gasteiger partial charge < -0.3 is 4.74 Å². The highest BCUT2D eigenvalue weighted by Gasteiger charge is 2.17. The number of esters is 1. The standard InChI is InChI=1S/C15H20O3/c1-10(2)13-7-5-12(6-8-13)9-14(16)15(17)18-11(3)4/h5-8,10-11H,9H2,1-4H3. The molecule has 1 aromatic rings. The maximum Gasteiger partial charge on any atom is 0.375 e. The van der Waals surface area contributed by atoms with Gasteiger partial charge in [0.15, 0.2) is 0 Å². The smallest absolute Gasteiger partial charge is 0.375 e. The van der Waals surface area contributed by atoms with Crippen molar-refractivity contribution < 1.29 is 14.3 Å². The number of rotatable bonds is 5. The van der Waals surface area contributed by atoms with E-state index >= 15 is 0 Å². The van der Waals surface area contributed by atoms with E-state index in [1.165, 1.54) is 5.56 Å². The lowest BCUT2D eigenvalue weighted by molar-refractivity contribution is -0.156. The summed E-state index contributed by atoms with van der Waals surface area (Å²) in [5.74, 6) is -0.792. The third-order valence-corrected chi connectivity index (χ3v) is 2.58. The molecule has 0 heterocycles. The van der Waals surface area contributed by atoms with E-state index in [4.69, 9.17) is 4.74 Å². The third kappa shape index (κ3) is 4.32. The predicted molar refractivity (Wildman–Crippen MR) is 70.5 cm³/mol. The molecule has 0 unspecified atom stereocenters. The largest absolute Gasteiger partial charge is 0.457 e. The van der Waals surface area contributed by atoms with Crippen LogP contribution in [0.2, 0.25) is 0 Å². The second kappa shape index (κ2) is 6.34. The first-order chi connectivity index (χ1) is 8.40. The lowest BCUT2D eigenvalue weighted by atomic mass is 10.00. The normalized spacial score (nSPS) is 10.8. The van der Waals surface area contributed by atoms with Crippen molar-refractivity contribution in [3.63, 3.8) is 0 Å². The second-order valence-electron chi connectivity index (χ2n) is 4.95. The van der Waals surface area contributed by atoms with Gasteiger partial charge in [0.25, 0.3) is 0 Å². The van der Waals surface area contributed by atoms with E-state index in [0.717, 1.165) is 5.56 Å². The fourth-order valence-corrected chi connectivity index (χ4v) is 1.56. The second-order valence-corrected chi connectivity index (χ2v) is 4.95. The van der Waals surface area contributed by atoms with E-state index in [1.807, 2.05) is 24.3 Å². The molecule has 0 saturated carbocycles. The zero-order valence-electron chi connectivity index (χ0n) is 11.4. The topological polar surface area (TPSA) is 43.4 Å². The van der Waals surface area contributed by atoms with Gasteiger partial charge in [-0.15, -0.1) is 0 Å². The molecule has 1 rings (SSSR count). The van der Waals surface area contributed by atoms with Crippen LogP contribution in [-0.4, -0.2) is 17.9 Å². The van der Waals surface area contributed by atoms with Gasteiger partial charge in [-0.25, -0.2) is 4.79 Å². The van der Waals surface area contributed by atoms with Gasteiger partial charge in [0.1, 0.15) is 0 Å². The highest BCUT2D eigenvalue weighted by molar-refractivity contribution is 6.34. The fourth-order valence-electron chi connectivity index (χ4n) is 1.56. The maximum absolute atomic E-state index is 11.6. The summed E-state index contributed by atoms with van der Waals surface area (Å²) in [5.41, 5.74) is 2.06. The Morgan fingerprint density at radius 1 is 1.06 bits per heavy atom. The number of carbonyl (C=O) groups is 2. The summed E-state index contributed by atoms with van der Waals surface area (Å²) in [7, 11) is 0. The van der Waals surface area contributed by atoms with E-state index in [0.29, 0.717) is 5.92 Å². The van der Waals surface area contributed by atoms with Gasteiger partial charge in [-0.1, -0.05) is 38.1 Å². The number of ether oxygens (including phenoxy) is 1. The zero-order chi connectivity index (χ0) is 13.7. The van der Waals surface area contributed by atoms with E-state index in [-0.39, 0.29) is 12.5 Å². The summed E-state index contributed by atoms with van der Waals surface area (Å²) in [5, 5.41) is 0. The lowest BCUT2D eigenvalue weighted by Crippen LogP contribution is -2.22. The average molecular weight is 248 g/mol. The molecule has 1 aromatic carbocycles. The third-order valence-electron chi connectivity index (χ3n) is 2.58.